The third-order valence-electron chi connectivity index (χ3n) is 6.51. The van der Waals surface area contributed by atoms with Gasteiger partial charge in [-0.25, -0.2) is 4.79 Å². The molecule has 2 fully saturated rings. The molecule has 0 bridgehead atoms. The first-order valence-corrected chi connectivity index (χ1v) is 10.9. The van der Waals surface area contributed by atoms with Crippen LogP contribution in [0.4, 0.5) is 4.79 Å². The first kappa shape index (κ1) is 20.0. The van der Waals surface area contributed by atoms with E-state index >= 15 is 0 Å². The van der Waals surface area contributed by atoms with E-state index in [0.29, 0.717) is 11.8 Å². The number of methoxy groups -OCH3 is 1. The molecule has 0 saturated carbocycles. The number of carbonyl (C=O) groups excluding carboxylic acids is 1. The van der Waals surface area contributed by atoms with Crippen LogP contribution in [0, 0.1) is 0 Å². The van der Waals surface area contributed by atoms with Crippen LogP contribution < -0.4 is 0 Å². The van der Waals surface area contributed by atoms with Gasteiger partial charge in [-0.15, -0.1) is 0 Å². The minimum Gasteiger partial charge on any atom is -0.384 e. The summed E-state index contributed by atoms with van der Waals surface area (Å²) in [6, 6.07) is 19.8. The first-order valence-electron chi connectivity index (χ1n) is 10.9. The van der Waals surface area contributed by atoms with Crippen molar-refractivity contribution in [1.82, 2.24) is 9.80 Å². The quantitative estimate of drug-likeness (QED) is 0.741. The summed E-state index contributed by atoms with van der Waals surface area (Å²) >= 11 is 0. The first-order chi connectivity index (χ1) is 14.2. The molecule has 0 aliphatic carbocycles. The van der Waals surface area contributed by atoms with Gasteiger partial charge in [-0.3, -0.25) is 0 Å². The minimum atomic E-state index is 0.231. The van der Waals surface area contributed by atoms with Gasteiger partial charge in [0, 0.05) is 39.2 Å². The van der Waals surface area contributed by atoms with Gasteiger partial charge in [0.25, 0.3) is 0 Å². The molecule has 154 valence electrons. The zero-order valence-corrected chi connectivity index (χ0v) is 17.4. The Morgan fingerprint density at radius 2 is 1.59 bits per heavy atom. The van der Waals surface area contributed by atoms with Crippen LogP contribution in [0.5, 0.6) is 0 Å². The number of piperidine rings is 1. The van der Waals surface area contributed by atoms with Crippen LogP contribution in [0.25, 0.3) is 0 Å². The molecular weight excluding hydrogens is 360 g/mol. The highest BCUT2D eigenvalue weighted by molar-refractivity contribution is 5.75. The molecule has 1 atom stereocenters. The van der Waals surface area contributed by atoms with E-state index in [1.165, 1.54) is 16.7 Å². The number of carbonyl (C=O) groups is 1. The van der Waals surface area contributed by atoms with Crippen molar-refractivity contribution in [2.75, 3.05) is 39.9 Å². The highest BCUT2D eigenvalue weighted by Gasteiger charge is 2.32. The largest absolute Gasteiger partial charge is 0.384 e. The summed E-state index contributed by atoms with van der Waals surface area (Å²) < 4.78 is 5.20. The number of hydrogen-bond acceptors (Lipinski definition) is 2. The Kier molecular flexibility index (Phi) is 6.50. The molecule has 2 aromatic carbocycles. The SMILES string of the molecule is COCCc1cccc(C2CCN(C(=O)N3CCC(c4ccccc4)CC3)C2)c1. The van der Waals surface area contributed by atoms with Gasteiger partial charge < -0.3 is 14.5 Å². The zero-order valence-electron chi connectivity index (χ0n) is 17.4. The molecule has 1 unspecified atom stereocenters. The summed E-state index contributed by atoms with van der Waals surface area (Å²) in [6.45, 7) is 4.19. The summed E-state index contributed by atoms with van der Waals surface area (Å²) in [5.41, 5.74) is 4.09. The smallest absolute Gasteiger partial charge is 0.320 e. The second-order valence-corrected chi connectivity index (χ2v) is 8.37. The van der Waals surface area contributed by atoms with Gasteiger partial charge >= 0.3 is 6.03 Å². The maximum atomic E-state index is 13.1. The maximum absolute atomic E-state index is 13.1. The Morgan fingerprint density at radius 1 is 0.897 bits per heavy atom. The minimum absolute atomic E-state index is 0.231. The van der Waals surface area contributed by atoms with Gasteiger partial charge in [0.2, 0.25) is 0 Å². The van der Waals surface area contributed by atoms with Crippen LogP contribution in [0.3, 0.4) is 0 Å². The van der Waals surface area contributed by atoms with Gasteiger partial charge in [0.1, 0.15) is 0 Å². The lowest BCUT2D eigenvalue weighted by atomic mass is 9.89. The number of rotatable bonds is 5. The summed E-state index contributed by atoms with van der Waals surface area (Å²) in [7, 11) is 1.74. The van der Waals surface area contributed by atoms with E-state index in [9.17, 15) is 4.79 Å². The van der Waals surface area contributed by atoms with Crippen molar-refractivity contribution in [2.24, 2.45) is 0 Å². The monoisotopic (exact) mass is 392 g/mol. The fourth-order valence-corrected chi connectivity index (χ4v) is 4.76. The summed E-state index contributed by atoms with van der Waals surface area (Å²) in [6.07, 6.45) is 4.12. The molecule has 0 N–H and O–H groups in total. The van der Waals surface area contributed by atoms with Crippen LogP contribution >= 0.6 is 0 Å². The second-order valence-electron chi connectivity index (χ2n) is 8.37. The molecule has 0 aromatic heterocycles. The van der Waals surface area contributed by atoms with E-state index in [1.54, 1.807) is 7.11 Å². The number of amides is 2. The zero-order chi connectivity index (χ0) is 20.1. The molecule has 2 heterocycles. The average molecular weight is 393 g/mol. The fraction of sp³-hybridized carbons (Fsp3) is 0.480. The van der Waals surface area contributed by atoms with Crippen molar-refractivity contribution >= 4 is 6.03 Å². The molecule has 2 amide bonds. The molecule has 4 rings (SSSR count). The molecule has 2 aromatic rings. The van der Waals surface area contributed by atoms with Crippen LogP contribution in [0.1, 0.15) is 47.8 Å². The fourth-order valence-electron chi connectivity index (χ4n) is 4.76. The Labute approximate surface area is 174 Å². The number of benzene rings is 2. The number of ether oxygens (including phenoxy) is 1. The van der Waals surface area contributed by atoms with E-state index in [1.807, 2.05) is 0 Å². The topological polar surface area (TPSA) is 32.8 Å². The lowest BCUT2D eigenvalue weighted by Crippen LogP contribution is -2.45. The molecule has 2 aliphatic heterocycles. The number of likely N-dealkylation sites (tertiary alicyclic amines) is 2. The Morgan fingerprint density at radius 3 is 2.34 bits per heavy atom. The highest BCUT2D eigenvalue weighted by Crippen LogP contribution is 2.31. The highest BCUT2D eigenvalue weighted by atomic mass is 16.5. The molecule has 2 saturated heterocycles. The molecule has 0 spiro atoms. The summed E-state index contributed by atoms with van der Waals surface area (Å²) in [5, 5.41) is 0. The molecule has 2 aliphatic rings. The maximum Gasteiger partial charge on any atom is 0.320 e. The predicted octanol–water partition coefficient (Wildman–Crippen LogP) is 4.66. The van der Waals surface area contributed by atoms with Crippen LogP contribution in [-0.2, 0) is 11.2 Å². The molecular formula is C25H32N2O2. The third kappa shape index (κ3) is 4.81. The van der Waals surface area contributed by atoms with Gasteiger partial charge in [0.05, 0.1) is 6.61 Å². The van der Waals surface area contributed by atoms with Gasteiger partial charge in [0.15, 0.2) is 0 Å². The summed E-state index contributed by atoms with van der Waals surface area (Å²) in [4.78, 5) is 17.2. The van der Waals surface area contributed by atoms with E-state index < -0.39 is 0 Å². The predicted molar refractivity (Wildman–Crippen MR) is 116 cm³/mol. The lowest BCUT2D eigenvalue weighted by Gasteiger charge is -2.34. The van der Waals surface area contributed by atoms with Gasteiger partial charge in [-0.2, -0.15) is 0 Å². The van der Waals surface area contributed by atoms with Crippen LogP contribution in [0.15, 0.2) is 54.6 Å². The van der Waals surface area contributed by atoms with E-state index in [4.69, 9.17) is 4.74 Å². The van der Waals surface area contributed by atoms with Crippen molar-refractivity contribution in [3.63, 3.8) is 0 Å². The summed E-state index contributed by atoms with van der Waals surface area (Å²) in [5.74, 6) is 1.03. The van der Waals surface area contributed by atoms with Crippen molar-refractivity contribution in [3.05, 3.63) is 71.3 Å². The Hall–Kier alpha value is -2.33. The third-order valence-corrected chi connectivity index (χ3v) is 6.51. The molecule has 0 radical (unpaired) electrons. The Balaban J connectivity index is 1.31. The number of urea groups is 1. The van der Waals surface area contributed by atoms with E-state index in [2.05, 4.69) is 64.4 Å². The normalized spacial score (nSPS) is 20.2. The number of hydrogen-bond donors (Lipinski definition) is 0. The van der Waals surface area contributed by atoms with E-state index in [-0.39, 0.29) is 6.03 Å². The lowest BCUT2D eigenvalue weighted by molar-refractivity contribution is 0.148. The molecule has 4 heteroatoms. The Bertz CT molecular complexity index is 799. The van der Waals surface area contributed by atoms with Crippen molar-refractivity contribution in [1.29, 1.82) is 0 Å². The van der Waals surface area contributed by atoms with Crippen LogP contribution in [0.2, 0.25) is 0 Å². The van der Waals surface area contributed by atoms with Gasteiger partial charge in [-0.05, 0) is 48.3 Å². The number of nitrogens with zero attached hydrogens (tertiary/aromatic N) is 2. The average Bonchev–Trinajstić information content (AvgIpc) is 3.28. The van der Waals surface area contributed by atoms with Crippen molar-refractivity contribution in [3.8, 4) is 0 Å². The van der Waals surface area contributed by atoms with Crippen molar-refractivity contribution in [2.45, 2.75) is 37.5 Å². The molecule has 29 heavy (non-hydrogen) atoms. The molecule has 4 nitrogen and oxygen atoms in total. The van der Waals surface area contributed by atoms with E-state index in [0.717, 1.165) is 58.5 Å². The van der Waals surface area contributed by atoms with Gasteiger partial charge in [-0.1, -0.05) is 54.6 Å². The standard InChI is InChI=1S/C25H32N2O2/c1-29-17-13-20-6-5-9-23(18-20)24-12-16-27(19-24)25(28)26-14-10-22(11-15-26)21-7-3-2-4-8-21/h2-9,18,22,24H,10-17,19H2,1H3. The van der Waals surface area contributed by atoms with Crippen LogP contribution in [-0.4, -0.2) is 55.7 Å². The second kappa shape index (κ2) is 9.45. The van der Waals surface area contributed by atoms with Crippen molar-refractivity contribution < 1.29 is 9.53 Å².